The van der Waals surface area contributed by atoms with Crippen LogP contribution in [0.25, 0.3) is 11.1 Å². The van der Waals surface area contributed by atoms with Crippen LogP contribution >= 0.6 is 0 Å². The highest BCUT2D eigenvalue weighted by Gasteiger charge is 2.27. The van der Waals surface area contributed by atoms with E-state index in [0.717, 1.165) is 33.4 Å². The first-order valence-corrected chi connectivity index (χ1v) is 17.9. The van der Waals surface area contributed by atoms with Gasteiger partial charge in [-0.1, -0.05) is 149 Å². The number of phenolic OH excluding ortho intramolecular Hbond substituents is 3. The first kappa shape index (κ1) is 45.9. The molecule has 0 bridgehead atoms. The molecule has 3 nitrogen and oxygen atoms in total. The van der Waals surface area contributed by atoms with Crippen LogP contribution in [0, 0.1) is 6.92 Å². The first-order chi connectivity index (χ1) is 24.2. The zero-order chi connectivity index (χ0) is 39.2. The summed E-state index contributed by atoms with van der Waals surface area (Å²) >= 11 is 0. The van der Waals surface area contributed by atoms with Crippen molar-refractivity contribution in [3.63, 3.8) is 0 Å². The normalized spacial score (nSPS) is 9.94. The summed E-state index contributed by atoms with van der Waals surface area (Å²) in [5.74, 6) is 0.890. The Morgan fingerprint density at radius 1 is 0.451 bits per heavy atom. The van der Waals surface area contributed by atoms with Crippen LogP contribution in [0.2, 0.25) is 0 Å². The van der Waals surface area contributed by atoms with Gasteiger partial charge < -0.3 is 15.3 Å². The Morgan fingerprint density at radius 2 is 0.804 bits per heavy atom. The van der Waals surface area contributed by atoms with Crippen molar-refractivity contribution in [2.45, 2.75) is 87.0 Å². The highest BCUT2D eigenvalue weighted by atomic mass is 16.3. The first-order valence-electron chi connectivity index (χ1n) is 17.9. The van der Waals surface area contributed by atoms with Gasteiger partial charge in [-0.2, -0.15) is 0 Å². The molecule has 51 heavy (non-hydrogen) atoms. The molecular formula is C48H63O3+. The molecule has 5 rings (SSSR count). The second kappa shape index (κ2) is 23.3. The van der Waals surface area contributed by atoms with Crippen molar-refractivity contribution in [2.75, 3.05) is 0 Å². The van der Waals surface area contributed by atoms with Crippen LogP contribution in [-0.2, 0) is 10.8 Å². The third-order valence-electron chi connectivity index (χ3n) is 8.00. The predicted molar refractivity (Wildman–Crippen MR) is 225 cm³/mol. The fraction of sp³-hybridized carbons (Fsp3) is 0.271. The molecule has 0 radical (unpaired) electrons. The van der Waals surface area contributed by atoms with Crippen LogP contribution < -0.4 is 0 Å². The molecule has 0 saturated carbocycles. The molecule has 5 aromatic carbocycles. The van der Waals surface area contributed by atoms with E-state index in [-0.39, 0.29) is 22.3 Å². The average molecular weight is 688 g/mol. The van der Waals surface area contributed by atoms with E-state index in [4.69, 9.17) is 5.11 Å². The molecule has 3 heteroatoms. The molecule has 0 aliphatic heterocycles. The maximum Gasteiger partial charge on any atom is 0.126 e. The van der Waals surface area contributed by atoms with Gasteiger partial charge in [0.05, 0.1) is 5.56 Å². The molecule has 0 aliphatic rings. The van der Waals surface area contributed by atoms with E-state index in [1.54, 1.807) is 48.5 Å². The molecule has 0 aliphatic carbocycles. The summed E-state index contributed by atoms with van der Waals surface area (Å²) in [6.45, 7) is 34.2. The molecule has 0 aromatic heterocycles. The second-order valence-electron chi connectivity index (χ2n) is 12.2. The lowest BCUT2D eigenvalue weighted by Gasteiger charge is -2.31. The molecule has 0 saturated heterocycles. The van der Waals surface area contributed by atoms with Crippen LogP contribution in [0.15, 0.2) is 141 Å². The van der Waals surface area contributed by atoms with Crippen molar-refractivity contribution in [1.29, 1.82) is 0 Å². The maximum atomic E-state index is 9.57. The molecule has 272 valence electrons. The molecule has 3 N–H and O–H groups in total. The van der Waals surface area contributed by atoms with Crippen LogP contribution in [0.3, 0.4) is 0 Å². The highest BCUT2D eigenvalue weighted by molar-refractivity contribution is 5.71. The summed E-state index contributed by atoms with van der Waals surface area (Å²) in [7, 11) is 0. The molecule has 0 fully saturated rings. The van der Waals surface area contributed by atoms with Gasteiger partial charge in [0, 0.05) is 36.5 Å². The number of benzene rings is 5. The lowest BCUT2D eigenvalue weighted by atomic mass is 9.73. The van der Waals surface area contributed by atoms with Gasteiger partial charge in [0.1, 0.15) is 22.8 Å². The Labute approximate surface area is 310 Å². The highest BCUT2D eigenvalue weighted by Crippen LogP contribution is 2.37. The quantitative estimate of drug-likeness (QED) is 0.156. The van der Waals surface area contributed by atoms with Gasteiger partial charge in [0.2, 0.25) is 0 Å². The number of rotatable bonds is 6. The molecule has 0 heterocycles. The van der Waals surface area contributed by atoms with Crippen molar-refractivity contribution in [2.24, 2.45) is 0 Å². The van der Waals surface area contributed by atoms with Gasteiger partial charge >= 0.3 is 0 Å². The zero-order valence-electron chi connectivity index (χ0n) is 33.1. The smallest absolute Gasteiger partial charge is 0.126 e. The van der Waals surface area contributed by atoms with Gasteiger partial charge in [0.25, 0.3) is 0 Å². The van der Waals surface area contributed by atoms with Gasteiger partial charge in [-0.05, 0) is 82.8 Å². The number of para-hydroxylation sites is 1. The standard InChI is InChI=1S/C24H26O2.C12H13.C6H6O.3C2H6/c1-23(2,17-8-12-21(25)13-9-17)19-6-5-7-20(16-19)24(3,4)18-10-14-22(26)15-11-18;1-9(2)11-6-5-7-12(8-11)10(3)4;7-6-4-2-1-3-5-6;3*1-2/h5-16,25-26H,1-4H3;5-8H,1-3H2,4H3;1-5,7H;3*1-2H3/q;+1;;;;. The minimum absolute atomic E-state index is 0.172. The number of allylic oxidation sites excluding steroid dienone is 2. The molecule has 0 spiro atoms. The van der Waals surface area contributed by atoms with E-state index < -0.39 is 0 Å². The zero-order valence-corrected chi connectivity index (χ0v) is 33.1. The molecule has 5 aromatic rings. The summed E-state index contributed by atoms with van der Waals surface area (Å²) in [5.41, 5.74) is 8.58. The predicted octanol–water partition coefficient (Wildman–Crippen LogP) is 13.8. The van der Waals surface area contributed by atoms with Crippen molar-refractivity contribution in [3.05, 3.63) is 181 Å². The van der Waals surface area contributed by atoms with E-state index >= 15 is 0 Å². The fourth-order valence-electron chi connectivity index (χ4n) is 4.82. The minimum Gasteiger partial charge on any atom is -0.508 e. The largest absolute Gasteiger partial charge is 0.508 e. The Morgan fingerprint density at radius 3 is 1.14 bits per heavy atom. The summed E-state index contributed by atoms with van der Waals surface area (Å²) in [6, 6.07) is 40.3. The van der Waals surface area contributed by atoms with E-state index in [1.807, 2.05) is 97.0 Å². The summed E-state index contributed by atoms with van der Waals surface area (Å²) in [4.78, 5) is 0. The Kier molecular flexibility index (Phi) is 20.9. The topological polar surface area (TPSA) is 60.7 Å². The SMILES string of the molecule is C=C([CH2+])c1cccc(C(=C)C)c1.CC.CC.CC.CC(C)(c1ccc(O)cc1)c1cccc(C(C)(C)c2ccc(O)cc2)c1.Oc1ccccc1. The monoisotopic (exact) mass is 687 g/mol. The molecule has 0 unspecified atom stereocenters. The lowest BCUT2D eigenvalue weighted by molar-refractivity contribution is 0.474. The van der Waals surface area contributed by atoms with Gasteiger partial charge in [-0.15, -0.1) is 0 Å². The van der Waals surface area contributed by atoms with Crippen LogP contribution in [0.5, 0.6) is 17.2 Å². The number of hydrogen-bond acceptors (Lipinski definition) is 3. The van der Waals surface area contributed by atoms with Gasteiger partial charge in [-0.25, -0.2) is 0 Å². The van der Waals surface area contributed by atoms with E-state index in [9.17, 15) is 10.2 Å². The molecule has 0 amide bonds. The van der Waals surface area contributed by atoms with Crippen molar-refractivity contribution in [3.8, 4) is 17.2 Å². The summed E-state index contributed by atoms with van der Waals surface area (Å²) in [6.07, 6.45) is 0. The van der Waals surface area contributed by atoms with E-state index in [0.29, 0.717) is 5.75 Å². The fourth-order valence-corrected chi connectivity index (χ4v) is 4.82. The molecular weight excluding hydrogens is 625 g/mol. The number of phenols is 3. The number of hydrogen-bond donors (Lipinski definition) is 3. The van der Waals surface area contributed by atoms with Crippen molar-refractivity contribution < 1.29 is 15.3 Å². The van der Waals surface area contributed by atoms with Crippen LogP contribution in [0.1, 0.15) is 110 Å². The second-order valence-corrected chi connectivity index (χ2v) is 12.2. The summed E-state index contributed by atoms with van der Waals surface area (Å²) in [5, 5.41) is 27.8. The van der Waals surface area contributed by atoms with E-state index in [1.165, 1.54) is 11.1 Å². The van der Waals surface area contributed by atoms with Crippen LogP contribution in [0.4, 0.5) is 0 Å². The Bertz CT molecular complexity index is 1590. The lowest BCUT2D eigenvalue weighted by Crippen LogP contribution is -2.22. The average Bonchev–Trinajstić information content (AvgIpc) is 3.15. The van der Waals surface area contributed by atoms with Crippen molar-refractivity contribution in [1.82, 2.24) is 0 Å². The number of aromatic hydroxyl groups is 3. The Balaban J connectivity index is 0.000000824. The Hall–Kier alpha value is -5.15. The van der Waals surface area contributed by atoms with E-state index in [2.05, 4.69) is 78.1 Å². The van der Waals surface area contributed by atoms with Crippen LogP contribution in [-0.4, -0.2) is 15.3 Å². The van der Waals surface area contributed by atoms with Gasteiger partial charge in [-0.3, -0.25) is 0 Å². The molecule has 0 atom stereocenters. The third-order valence-corrected chi connectivity index (χ3v) is 8.00. The van der Waals surface area contributed by atoms with Crippen molar-refractivity contribution >= 4 is 11.1 Å². The summed E-state index contributed by atoms with van der Waals surface area (Å²) < 4.78 is 0. The third kappa shape index (κ3) is 14.7. The maximum absolute atomic E-state index is 9.57. The van der Waals surface area contributed by atoms with Gasteiger partial charge in [0.15, 0.2) is 0 Å². The minimum atomic E-state index is -0.172.